The molecule has 1 aromatic carbocycles. The Morgan fingerprint density at radius 3 is 2.79 bits per heavy atom. The van der Waals surface area contributed by atoms with E-state index in [1.165, 1.54) is 25.2 Å². The van der Waals surface area contributed by atoms with Gasteiger partial charge in [-0.3, -0.25) is 9.36 Å². The molecule has 2 aromatic heterocycles. The van der Waals surface area contributed by atoms with Gasteiger partial charge in [-0.2, -0.15) is 0 Å². The molecule has 1 saturated carbocycles. The Balaban J connectivity index is 1.44. The Morgan fingerprint density at radius 1 is 1.18 bits per heavy atom. The van der Waals surface area contributed by atoms with Gasteiger partial charge < -0.3 is 14.4 Å². The lowest BCUT2D eigenvalue weighted by atomic mass is 10.1. The van der Waals surface area contributed by atoms with Gasteiger partial charge in [-0.25, -0.2) is 15.0 Å². The molecule has 34 heavy (non-hydrogen) atoms. The van der Waals surface area contributed by atoms with E-state index in [0.29, 0.717) is 48.8 Å². The van der Waals surface area contributed by atoms with Crippen molar-refractivity contribution < 1.29 is 9.47 Å². The normalized spacial score (nSPS) is 18.7. The van der Waals surface area contributed by atoms with E-state index in [0.717, 1.165) is 24.2 Å². The fraction of sp³-hybridized carbons (Fsp3) is 0.385. The summed E-state index contributed by atoms with van der Waals surface area (Å²) < 4.78 is 13.9. The molecule has 2 aliphatic rings. The van der Waals surface area contributed by atoms with Gasteiger partial charge in [0.2, 0.25) is 5.95 Å². The highest BCUT2D eigenvalue weighted by Crippen LogP contribution is 2.30. The first kappa shape index (κ1) is 22.3. The van der Waals surface area contributed by atoms with Gasteiger partial charge in [0.1, 0.15) is 18.2 Å². The Bertz CT molecular complexity index is 1220. The van der Waals surface area contributed by atoms with E-state index in [-0.39, 0.29) is 11.7 Å². The third-order valence-electron chi connectivity index (χ3n) is 6.31. The minimum absolute atomic E-state index is 0.168. The van der Waals surface area contributed by atoms with Gasteiger partial charge in [-0.05, 0) is 56.4 Å². The van der Waals surface area contributed by atoms with Gasteiger partial charge in [0.15, 0.2) is 0 Å². The number of aromatic nitrogens is 4. The molecule has 0 radical (unpaired) electrons. The summed E-state index contributed by atoms with van der Waals surface area (Å²) in [7, 11) is 0. The lowest BCUT2D eigenvalue weighted by Gasteiger charge is -2.35. The summed E-state index contributed by atoms with van der Waals surface area (Å²) in [6, 6.07) is 11.4. The van der Waals surface area contributed by atoms with Crippen LogP contribution in [-0.4, -0.2) is 45.3 Å². The van der Waals surface area contributed by atoms with Crippen LogP contribution in [0.2, 0.25) is 0 Å². The predicted octanol–water partition coefficient (Wildman–Crippen LogP) is 4.09. The average Bonchev–Trinajstić information content (AvgIpc) is 3.37. The van der Waals surface area contributed by atoms with Crippen LogP contribution < -0.4 is 15.2 Å². The van der Waals surface area contributed by atoms with Crippen LogP contribution in [0, 0.1) is 0 Å². The van der Waals surface area contributed by atoms with Gasteiger partial charge in [0, 0.05) is 24.5 Å². The van der Waals surface area contributed by atoms with Crippen LogP contribution in [0.3, 0.4) is 0 Å². The highest BCUT2D eigenvalue weighted by atomic mass is 16.5. The molecule has 8 heteroatoms. The van der Waals surface area contributed by atoms with Crippen molar-refractivity contribution in [1.82, 2.24) is 19.5 Å². The summed E-state index contributed by atoms with van der Waals surface area (Å²) in [5.41, 5.74) is 2.58. The van der Waals surface area contributed by atoms with E-state index in [4.69, 9.17) is 14.5 Å². The molecule has 8 nitrogen and oxygen atoms in total. The van der Waals surface area contributed by atoms with Crippen molar-refractivity contribution in [1.29, 1.82) is 0 Å². The van der Waals surface area contributed by atoms with Crippen molar-refractivity contribution in [2.75, 3.05) is 24.6 Å². The minimum atomic E-state index is -0.193. The molecule has 0 spiro atoms. The minimum Gasteiger partial charge on any atom is -0.490 e. The van der Waals surface area contributed by atoms with E-state index >= 15 is 0 Å². The largest absolute Gasteiger partial charge is 0.490 e. The third-order valence-corrected chi connectivity index (χ3v) is 6.31. The maximum Gasteiger partial charge on any atom is 0.259 e. The fourth-order valence-corrected chi connectivity index (χ4v) is 4.63. The second-order valence-electron chi connectivity index (χ2n) is 8.85. The van der Waals surface area contributed by atoms with E-state index in [1.54, 1.807) is 23.8 Å². The summed E-state index contributed by atoms with van der Waals surface area (Å²) in [4.78, 5) is 28.2. The number of hydrogen-bond donors (Lipinski definition) is 0. The standard InChI is InChI=1S/C26H29N5O3/c1-18(2)31-25(32)15-23(22-10-11-27-17-28-22)29-26(31)30-12-13-33-24(16-30)19-6-5-9-21(14-19)34-20-7-3-4-8-20/h5-6,9-11,14-15,17,20,24H,1,3-4,7-8,12-13,16H2,2H3. The smallest absolute Gasteiger partial charge is 0.259 e. The Labute approximate surface area is 198 Å². The maximum atomic E-state index is 13.0. The number of hydrogen-bond acceptors (Lipinski definition) is 7. The summed E-state index contributed by atoms with van der Waals surface area (Å²) in [5, 5.41) is 0. The van der Waals surface area contributed by atoms with Crippen molar-refractivity contribution in [3.63, 3.8) is 0 Å². The lowest BCUT2D eigenvalue weighted by Crippen LogP contribution is -2.42. The van der Waals surface area contributed by atoms with Crippen molar-refractivity contribution in [2.24, 2.45) is 0 Å². The molecule has 3 aromatic rings. The van der Waals surface area contributed by atoms with Crippen molar-refractivity contribution in [3.8, 4) is 17.1 Å². The predicted molar refractivity (Wildman–Crippen MR) is 131 cm³/mol. The quantitative estimate of drug-likeness (QED) is 0.549. The number of anilines is 1. The molecule has 1 aliphatic heterocycles. The topological polar surface area (TPSA) is 82.4 Å². The zero-order valence-electron chi connectivity index (χ0n) is 19.4. The Morgan fingerprint density at radius 2 is 2.03 bits per heavy atom. The molecular formula is C26H29N5O3. The summed E-state index contributed by atoms with van der Waals surface area (Å²) >= 11 is 0. The molecule has 2 fully saturated rings. The van der Waals surface area contributed by atoms with Crippen LogP contribution in [0.1, 0.15) is 44.3 Å². The highest BCUT2D eigenvalue weighted by molar-refractivity contribution is 5.58. The van der Waals surface area contributed by atoms with Crippen molar-refractivity contribution >= 4 is 11.6 Å². The van der Waals surface area contributed by atoms with E-state index in [2.05, 4.69) is 33.6 Å². The molecule has 1 aliphatic carbocycles. The molecular weight excluding hydrogens is 430 g/mol. The maximum absolute atomic E-state index is 13.0. The van der Waals surface area contributed by atoms with Crippen LogP contribution in [0.4, 0.5) is 5.95 Å². The molecule has 1 unspecified atom stereocenters. The first-order valence-corrected chi connectivity index (χ1v) is 11.8. The SMILES string of the molecule is C=C(C)n1c(N2CCOC(c3cccc(OC4CCCC4)c3)C2)nc(-c2ccncn2)cc1=O. The molecule has 5 rings (SSSR count). The second-order valence-corrected chi connectivity index (χ2v) is 8.85. The van der Waals surface area contributed by atoms with Crippen LogP contribution >= 0.6 is 0 Å². The number of allylic oxidation sites excluding steroid dienone is 1. The van der Waals surface area contributed by atoms with Gasteiger partial charge in [0.05, 0.1) is 30.6 Å². The number of rotatable bonds is 6. The Hall–Kier alpha value is -3.52. The molecule has 1 saturated heterocycles. The zero-order valence-corrected chi connectivity index (χ0v) is 19.4. The molecule has 176 valence electrons. The summed E-state index contributed by atoms with van der Waals surface area (Å²) in [6.07, 6.45) is 7.92. The first-order valence-electron chi connectivity index (χ1n) is 11.8. The molecule has 0 bridgehead atoms. The molecule has 3 heterocycles. The Kier molecular flexibility index (Phi) is 6.40. The highest BCUT2D eigenvalue weighted by Gasteiger charge is 2.27. The molecule has 1 atom stereocenters. The van der Waals surface area contributed by atoms with Crippen LogP contribution in [-0.2, 0) is 4.74 Å². The van der Waals surface area contributed by atoms with Crippen molar-refractivity contribution in [3.05, 3.63) is 71.4 Å². The van der Waals surface area contributed by atoms with Gasteiger partial charge in [-0.15, -0.1) is 0 Å². The van der Waals surface area contributed by atoms with E-state index < -0.39 is 0 Å². The molecule has 0 amide bonds. The first-order chi connectivity index (χ1) is 16.6. The number of benzene rings is 1. The average molecular weight is 460 g/mol. The lowest BCUT2D eigenvalue weighted by molar-refractivity contribution is 0.0388. The van der Waals surface area contributed by atoms with Crippen LogP contribution in [0.5, 0.6) is 5.75 Å². The fourth-order valence-electron chi connectivity index (χ4n) is 4.63. The van der Waals surface area contributed by atoms with E-state index in [9.17, 15) is 4.79 Å². The zero-order chi connectivity index (χ0) is 23.5. The second kappa shape index (κ2) is 9.77. The number of nitrogens with zero attached hydrogens (tertiary/aromatic N) is 5. The third kappa shape index (κ3) is 4.72. The van der Waals surface area contributed by atoms with E-state index in [1.807, 2.05) is 12.1 Å². The number of morpholine rings is 1. The summed E-state index contributed by atoms with van der Waals surface area (Å²) in [6.45, 7) is 7.49. The molecule has 0 N–H and O–H groups in total. The number of ether oxygens (including phenoxy) is 2. The van der Waals surface area contributed by atoms with Crippen molar-refractivity contribution in [2.45, 2.75) is 44.8 Å². The van der Waals surface area contributed by atoms with Crippen LogP contribution in [0.15, 0.2) is 60.3 Å². The summed E-state index contributed by atoms with van der Waals surface area (Å²) in [5.74, 6) is 1.42. The van der Waals surface area contributed by atoms with Crippen LogP contribution in [0.25, 0.3) is 17.1 Å². The van der Waals surface area contributed by atoms with Gasteiger partial charge in [-0.1, -0.05) is 18.7 Å². The van der Waals surface area contributed by atoms with Gasteiger partial charge >= 0.3 is 0 Å². The monoisotopic (exact) mass is 459 g/mol. The van der Waals surface area contributed by atoms with Gasteiger partial charge in [0.25, 0.3) is 5.56 Å².